The second kappa shape index (κ2) is 9.69. The van der Waals surface area contributed by atoms with E-state index in [0.717, 1.165) is 85.3 Å². The highest BCUT2D eigenvalue weighted by Gasteiger charge is 2.62. The summed E-state index contributed by atoms with van der Waals surface area (Å²) in [5.74, 6) is 2.29. The zero-order valence-corrected chi connectivity index (χ0v) is 25.3. The average molecular weight is 602 g/mol. The number of carbonyl (C=O) groups excluding carboxylic acids is 1. The van der Waals surface area contributed by atoms with Gasteiger partial charge in [-0.15, -0.1) is 0 Å². The molecule has 7 fully saturated rings. The van der Waals surface area contributed by atoms with Crippen LogP contribution in [0.1, 0.15) is 93.8 Å². The highest BCUT2D eigenvalue weighted by molar-refractivity contribution is 6.01. The van der Waals surface area contributed by atoms with Crippen LogP contribution >= 0.6 is 0 Å². The molecule has 8 heteroatoms. The van der Waals surface area contributed by atoms with E-state index in [-0.39, 0.29) is 22.7 Å². The minimum Gasteiger partial charge on any atom is -0.339 e. The van der Waals surface area contributed by atoms with Crippen LogP contribution in [0.15, 0.2) is 59.3 Å². The number of halogens is 1. The standard InChI is InChI=1S/C37H36FN5O2/c38-30-20-37(18-26(30)19-37)34(44)43(22-35-10-13-36(14-11-35,15-12-35)33-41-32(42-45-33)23-6-7-23)27-4-1-3-24(17-27)28-9-8-25(21-39)31-29(28)5-2-16-40-31/h1-5,8-9,16-17,23,26,30H,6-7,10-15,18-20,22H2. The number of benzene rings is 2. The van der Waals surface area contributed by atoms with Crippen LogP contribution in [-0.4, -0.2) is 33.7 Å². The second-order valence-corrected chi connectivity index (χ2v) is 14.8. The summed E-state index contributed by atoms with van der Waals surface area (Å²) < 4.78 is 20.6. The molecule has 7 aliphatic rings. The summed E-state index contributed by atoms with van der Waals surface area (Å²) in [6.45, 7) is 0.640. The molecule has 7 saturated carbocycles. The van der Waals surface area contributed by atoms with Crippen LogP contribution in [0.2, 0.25) is 0 Å². The first-order valence-electron chi connectivity index (χ1n) is 16.6. The first-order valence-corrected chi connectivity index (χ1v) is 16.6. The molecule has 1 amide bonds. The molecule has 0 saturated heterocycles. The largest absolute Gasteiger partial charge is 0.339 e. The fourth-order valence-corrected chi connectivity index (χ4v) is 9.21. The SMILES string of the molecule is N#Cc1ccc(-c2cccc(N(CC34CCC(c5nc(C6CC6)no5)(CC3)CC4)C(=O)C34CC(F)C(C3)C4)c2)c2cccnc12. The average Bonchev–Trinajstić information content (AvgIpc) is 3.55. The Hall–Kier alpha value is -4.12. The number of hydrogen-bond acceptors (Lipinski definition) is 6. The smallest absolute Gasteiger partial charge is 0.233 e. The summed E-state index contributed by atoms with van der Waals surface area (Å²) in [5, 5.41) is 14.9. The number of fused-ring (bicyclic) bond motifs is 5. The lowest BCUT2D eigenvalue weighted by molar-refractivity contribution is -0.132. The van der Waals surface area contributed by atoms with Crippen molar-refractivity contribution in [3.63, 3.8) is 0 Å². The van der Waals surface area contributed by atoms with Crippen molar-refractivity contribution in [3.8, 4) is 17.2 Å². The van der Waals surface area contributed by atoms with E-state index in [2.05, 4.69) is 28.3 Å². The van der Waals surface area contributed by atoms with Crippen LogP contribution in [0.3, 0.4) is 0 Å². The van der Waals surface area contributed by atoms with Crippen molar-refractivity contribution >= 4 is 22.5 Å². The van der Waals surface area contributed by atoms with Crippen LogP contribution in [0, 0.1) is 28.1 Å². The molecule has 0 aliphatic heterocycles. The highest BCUT2D eigenvalue weighted by atomic mass is 19.1. The van der Waals surface area contributed by atoms with Crippen molar-refractivity contribution in [2.75, 3.05) is 11.4 Å². The molecule has 0 radical (unpaired) electrons. The molecule has 0 N–H and O–H groups in total. The van der Waals surface area contributed by atoms with E-state index in [0.29, 0.717) is 42.8 Å². The molecular weight excluding hydrogens is 565 g/mol. The number of alkyl halides is 1. The van der Waals surface area contributed by atoms with Gasteiger partial charge in [-0.3, -0.25) is 9.78 Å². The summed E-state index contributed by atoms with van der Waals surface area (Å²) in [4.78, 5) is 26.0. The van der Waals surface area contributed by atoms with Crippen LogP contribution in [0.5, 0.6) is 0 Å². The molecule has 228 valence electrons. The molecule has 7 aliphatic carbocycles. The molecule has 4 bridgehead atoms. The maximum Gasteiger partial charge on any atom is 0.233 e. The van der Waals surface area contributed by atoms with Gasteiger partial charge in [-0.2, -0.15) is 10.2 Å². The van der Waals surface area contributed by atoms with Gasteiger partial charge in [0, 0.05) is 35.1 Å². The number of anilines is 1. The third-order valence-corrected chi connectivity index (χ3v) is 12.2. The zero-order chi connectivity index (χ0) is 30.4. The van der Waals surface area contributed by atoms with E-state index < -0.39 is 11.6 Å². The zero-order valence-electron chi connectivity index (χ0n) is 25.3. The van der Waals surface area contributed by atoms with E-state index in [1.54, 1.807) is 6.20 Å². The van der Waals surface area contributed by atoms with Crippen LogP contribution < -0.4 is 4.90 Å². The summed E-state index contributed by atoms with van der Waals surface area (Å²) in [5.41, 5.74) is 3.39. The van der Waals surface area contributed by atoms with Crippen molar-refractivity contribution in [1.29, 1.82) is 5.26 Å². The van der Waals surface area contributed by atoms with Crippen LogP contribution in [-0.2, 0) is 10.2 Å². The van der Waals surface area contributed by atoms with Crippen molar-refractivity contribution in [2.24, 2.45) is 16.7 Å². The van der Waals surface area contributed by atoms with Crippen molar-refractivity contribution in [2.45, 2.75) is 88.1 Å². The van der Waals surface area contributed by atoms with Gasteiger partial charge < -0.3 is 9.42 Å². The van der Waals surface area contributed by atoms with Crippen LogP contribution in [0.25, 0.3) is 22.0 Å². The van der Waals surface area contributed by atoms with Crippen LogP contribution in [0.4, 0.5) is 10.1 Å². The highest BCUT2D eigenvalue weighted by Crippen LogP contribution is 2.62. The maximum absolute atomic E-state index is 14.8. The van der Waals surface area contributed by atoms with Gasteiger partial charge in [0.25, 0.3) is 0 Å². The molecule has 4 aromatic rings. The summed E-state index contributed by atoms with van der Waals surface area (Å²) >= 11 is 0. The molecule has 11 rings (SSSR count). The number of carbonyl (C=O) groups is 1. The van der Waals surface area contributed by atoms with Gasteiger partial charge >= 0.3 is 0 Å². The first-order chi connectivity index (χ1) is 21.9. The van der Waals surface area contributed by atoms with E-state index in [1.165, 1.54) is 0 Å². The fourth-order valence-electron chi connectivity index (χ4n) is 9.21. The maximum atomic E-state index is 14.8. The Labute approximate surface area is 261 Å². The number of nitriles is 1. The number of aromatic nitrogens is 3. The monoisotopic (exact) mass is 601 g/mol. The third kappa shape index (κ3) is 4.19. The summed E-state index contributed by atoms with van der Waals surface area (Å²) in [6, 6.07) is 18.1. The predicted molar refractivity (Wildman–Crippen MR) is 167 cm³/mol. The Balaban J connectivity index is 1.05. The van der Waals surface area contributed by atoms with E-state index in [1.807, 2.05) is 41.3 Å². The third-order valence-electron chi connectivity index (χ3n) is 12.2. The first kappa shape index (κ1) is 27.2. The minimum absolute atomic E-state index is 0.00529. The van der Waals surface area contributed by atoms with Gasteiger partial charge in [-0.25, -0.2) is 4.39 Å². The topological polar surface area (TPSA) is 95.9 Å². The van der Waals surface area contributed by atoms with E-state index >= 15 is 0 Å². The number of nitrogens with zero attached hydrogens (tertiary/aromatic N) is 5. The van der Waals surface area contributed by atoms with Gasteiger partial charge in [0.1, 0.15) is 12.2 Å². The molecule has 45 heavy (non-hydrogen) atoms. The van der Waals surface area contributed by atoms with Gasteiger partial charge in [0.05, 0.1) is 16.5 Å². The molecule has 2 aromatic heterocycles. The van der Waals surface area contributed by atoms with Crippen molar-refractivity contribution in [1.82, 2.24) is 15.1 Å². The molecule has 2 heterocycles. The quantitative estimate of drug-likeness (QED) is 0.215. The molecule has 2 aromatic carbocycles. The summed E-state index contributed by atoms with van der Waals surface area (Å²) in [7, 11) is 0. The Bertz CT molecular complexity index is 1860. The number of amides is 1. The minimum atomic E-state index is -0.877. The fraction of sp³-hybridized carbons (Fsp3) is 0.486. The lowest BCUT2D eigenvalue weighted by Crippen LogP contribution is -2.54. The predicted octanol–water partition coefficient (Wildman–Crippen LogP) is 7.80. The molecule has 1 unspecified atom stereocenters. The molecular formula is C37H36FN5O2. The van der Waals surface area contributed by atoms with Gasteiger partial charge in [0.2, 0.25) is 11.8 Å². The number of pyridine rings is 1. The normalized spacial score (nSPS) is 31.5. The van der Waals surface area contributed by atoms with Crippen molar-refractivity contribution in [3.05, 3.63) is 72.0 Å². The lowest BCUT2D eigenvalue weighted by atomic mass is 9.53. The van der Waals surface area contributed by atoms with E-state index in [9.17, 15) is 14.4 Å². The Kier molecular flexibility index (Phi) is 5.86. The molecule has 0 spiro atoms. The van der Waals surface area contributed by atoms with Gasteiger partial charge in [-0.1, -0.05) is 29.4 Å². The van der Waals surface area contributed by atoms with E-state index in [4.69, 9.17) is 9.51 Å². The summed E-state index contributed by atoms with van der Waals surface area (Å²) in [6.07, 6.45) is 10.8. The Morgan fingerprint density at radius 3 is 2.53 bits per heavy atom. The van der Waals surface area contributed by atoms with Gasteiger partial charge in [0.15, 0.2) is 5.82 Å². The number of rotatable bonds is 7. The van der Waals surface area contributed by atoms with Gasteiger partial charge in [-0.05, 0) is 117 Å². The Morgan fingerprint density at radius 2 is 1.82 bits per heavy atom. The number of hydrogen-bond donors (Lipinski definition) is 0. The second-order valence-electron chi connectivity index (χ2n) is 14.8. The molecule has 7 nitrogen and oxygen atoms in total. The lowest BCUT2D eigenvalue weighted by Gasteiger charge is -2.54. The Morgan fingerprint density at radius 1 is 1.02 bits per heavy atom. The van der Waals surface area contributed by atoms with Crippen molar-refractivity contribution < 1.29 is 13.7 Å². The molecule has 1 atom stereocenters.